The summed E-state index contributed by atoms with van der Waals surface area (Å²) in [5, 5.41) is -0.134. The third-order valence-electron chi connectivity index (χ3n) is 2.43. The molecule has 3 atom stereocenters. The number of halogens is 1. The van der Waals surface area contributed by atoms with Gasteiger partial charge in [-0.3, -0.25) is 9.59 Å². The summed E-state index contributed by atoms with van der Waals surface area (Å²) in [6.07, 6.45) is 2.30. The van der Waals surface area contributed by atoms with Crippen molar-refractivity contribution in [1.29, 1.82) is 0 Å². The summed E-state index contributed by atoms with van der Waals surface area (Å²) in [6.45, 7) is 3.58. The van der Waals surface area contributed by atoms with E-state index < -0.39 is 5.97 Å². The van der Waals surface area contributed by atoms with Gasteiger partial charge in [0.1, 0.15) is 12.2 Å². The van der Waals surface area contributed by atoms with E-state index in [1.54, 1.807) is 6.08 Å². The molecule has 0 aromatic carbocycles. The van der Waals surface area contributed by atoms with Gasteiger partial charge in [-0.25, -0.2) is 0 Å². The molecule has 0 saturated heterocycles. The van der Waals surface area contributed by atoms with E-state index in [9.17, 15) is 9.59 Å². The number of ether oxygens (including phenoxy) is 1. The number of esters is 1. The molecular weight excluding hydrogens is 204 g/mol. The molecular formula is C10H13ClO3. The zero-order chi connectivity index (χ0) is 10.7. The van der Waals surface area contributed by atoms with Crippen LogP contribution in [0, 0.1) is 11.8 Å². The second-order valence-corrected chi connectivity index (χ2v) is 3.88. The maximum absolute atomic E-state index is 11.5. The highest BCUT2D eigenvalue weighted by Crippen LogP contribution is 2.47. The molecule has 1 aliphatic carbocycles. The summed E-state index contributed by atoms with van der Waals surface area (Å²) < 4.78 is 4.41. The Morgan fingerprint density at radius 1 is 1.57 bits per heavy atom. The maximum atomic E-state index is 11.5. The van der Waals surface area contributed by atoms with Crippen LogP contribution in [0.2, 0.25) is 0 Å². The van der Waals surface area contributed by atoms with Crippen LogP contribution < -0.4 is 0 Å². The van der Waals surface area contributed by atoms with E-state index in [2.05, 4.69) is 11.3 Å². The first-order chi connectivity index (χ1) is 6.61. The summed E-state index contributed by atoms with van der Waals surface area (Å²) in [6, 6.07) is 0. The highest BCUT2D eigenvalue weighted by atomic mass is 35.5. The Morgan fingerprint density at radius 3 is 2.71 bits per heavy atom. The number of carbonyl (C=O) groups excluding carboxylic acids is 2. The van der Waals surface area contributed by atoms with Crippen LogP contribution in [-0.4, -0.2) is 24.2 Å². The Morgan fingerprint density at radius 2 is 2.21 bits per heavy atom. The number of Topliss-reactive ketones (excluding diaryl/α,β-unsaturated/α-hetero) is 1. The monoisotopic (exact) mass is 216 g/mol. The van der Waals surface area contributed by atoms with Gasteiger partial charge >= 0.3 is 5.97 Å². The number of carbonyl (C=O) groups is 2. The van der Waals surface area contributed by atoms with Crippen LogP contribution in [0.4, 0.5) is 0 Å². The molecule has 1 fully saturated rings. The molecule has 1 rings (SSSR count). The normalized spacial score (nSPS) is 29.4. The lowest BCUT2D eigenvalue weighted by Crippen LogP contribution is -2.12. The predicted octanol–water partition coefficient (Wildman–Crippen LogP) is 1.55. The second kappa shape index (κ2) is 4.60. The average Bonchev–Trinajstić information content (AvgIpc) is 2.77. The minimum Gasteiger partial charge on any atom is -0.469 e. The zero-order valence-electron chi connectivity index (χ0n) is 8.03. The van der Waals surface area contributed by atoms with Crippen LogP contribution in [0.3, 0.4) is 0 Å². The van der Waals surface area contributed by atoms with Crippen molar-refractivity contribution >= 4 is 23.4 Å². The van der Waals surface area contributed by atoms with Crippen LogP contribution in [0.25, 0.3) is 0 Å². The first-order valence-corrected chi connectivity index (χ1v) is 4.90. The SMILES string of the molecule is C=CCC1C(Cl)C1C(=O)CC(=O)OC. The molecule has 0 aromatic heterocycles. The van der Waals surface area contributed by atoms with Gasteiger partial charge in [-0.05, 0) is 12.3 Å². The van der Waals surface area contributed by atoms with Crippen molar-refractivity contribution in [3.05, 3.63) is 12.7 Å². The molecule has 0 aromatic rings. The molecule has 0 bridgehead atoms. The van der Waals surface area contributed by atoms with E-state index in [-0.39, 0.29) is 29.4 Å². The molecule has 14 heavy (non-hydrogen) atoms. The van der Waals surface area contributed by atoms with E-state index in [0.29, 0.717) is 0 Å². The molecule has 0 N–H and O–H groups in total. The first kappa shape index (κ1) is 11.2. The molecule has 0 amide bonds. The molecule has 0 heterocycles. The summed E-state index contributed by atoms with van der Waals surface area (Å²) in [4.78, 5) is 22.3. The third-order valence-corrected chi connectivity index (χ3v) is 3.02. The number of rotatable bonds is 5. The van der Waals surface area contributed by atoms with Gasteiger partial charge in [0.2, 0.25) is 0 Å². The fourth-order valence-corrected chi connectivity index (χ4v) is 2.05. The lowest BCUT2D eigenvalue weighted by atomic mass is 10.1. The molecule has 1 saturated carbocycles. The number of allylic oxidation sites excluding steroid dienone is 1. The van der Waals surface area contributed by atoms with Crippen LogP contribution >= 0.6 is 11.6 Å². The van der Waals surface area contributed by atoms with Crippen LogP contribution in [0.1, 0.15) is 12.8 Å². The largest absolute Gasteiger partial charge is 0.469 e. The molecule has 3 unspecified atom stereocenters. The molecule has 1 aliphatic rings. The van der Waals surface area contributed by atoms with E-state index >= 15 is 0 Å². The van der Waals surface area contributed by atoms with Crippen LogP contribution in [0.15, 0.2) is 12.7 Å². The van der Waals surface area contributed by atoms with Crippen molar-refractivity contribution in [1.82, 2.24) is 0 Å². The highest BCUT2D eigenvalue weighted by Gasteiger charge is 2.52. The summed E-state index contributed by atoms with van der Waals surface area (Å²) in [5.41, 5.74) is 0. The lowest BCUT2D eigenvalue weighted by Gasteiger charge is -1.97. The molecule has 0 spiro atoms. The van der Waals surface area contributed by atoms with Crippen molar-refractivity contribution in [2.75, 3.05) is 7.11 Å². The number of ketones is 1. The van der Waals surface area contributed by atoms with Crippen molar-refractivity contribution < 1.29 is 14.3 Å². The van der Waals surface area contributed by atoms with Crippen molar-refractivity contribution in [3.8, 4) is 0 Å². The van der Waals surface area contributed by atoms with Gasteiger partial charge in [-0.15, -0.1) is 18.2 Å². The average molecular weight is 217 g/mol. The van der Waals surface area contributed by atoms with Gasteiger partial charge in [-0.2, -0.15) is 0 Å². The quantitative estimate of drug-likeness (QED) is 0.303. The third kappa shape index (κ3) is 2.35. The highest BCUT2D eigenvalue weighted by molar-refractivity contribution is 6.25. The second-order valence-electron chi connectivity index (χ2n) is 3.38. The van der Waals surface area contributed by atoms with E-state index in [0.717, 1.165) is 6.42 Å². The molecule has 0 radical (unpaired) electrons. The minimum atomic E-state index is -0.497. The Kier molecular flexibility index (Phi) is 3.69. The van der Waals surface area contributed by atoms with Gasteiger partial charge in [0, 0.05) is 11.3 Å². The van der Waals surface area contributed by atoms with E-state index in [1.165, 1.54) is 7.11 Å². The molecule has 4 heteroatoms. The Bertz CT molecular complexity index is 262. The fraction of sp³-hybridized carbons (Fsp3) is 0.600. The molecule has 78 valence electrons. The lowest BCUT2D eigenvalue weighted by molar-refractivity contribution is -0.143. The van der Waals surface area contributed by atoms with Gasteiger partial charge in [-0.1, -0.05) is 6.08 Å². The molecule has 0 aliphatic heterocycles. The maximum Gasteiger partial charge on any atom is 0.313 e. The number of hydrogen-bond acceptors (Lipinski definition) is 3. The fourth-order valence-electron chi connectivity index (χ4n) is 1.55. The number of methoxy groups -OCH3 is 1. The van der Waals surface area contributed by atoms with Crippen LogP contribution in [0.5, 0.6) is 0 Å². The van der Waals surface area contributed by atoms with Gasteiger partial charge in [0.05, 0.1) is 7.11 Å². The van der Waals surface area contributed by atoms with Gasteiger partial charge in [0.25, 0.3) is 0 Å². The molecule has 3 nitrogen and oxygen atoms in total. The summed E-state index contributed by atoms with van der Waals surface area (Å²) in [5.74, 6) is -0.646. The summed E-state index contributed by atoms with van der Waals surface area (Å²) in [7, 11) is 1.27. The summed E-state index contributed by atoms with van der Waals surface area (Å²) >= 11 is 5.90. The number of hydrogen-bond donors (Lipinski definition) is 0. The van der Waals surface area contributed by atoms with Gasteiger partial charge < -0.3 is 4.74 Å². The predicted molar refractivity (Wildman–Crippen MR) is 53.1 cm³/mol. The van der Waals surface area contributed by atoms with E-state index in [1.807, 2.05) is 0 Å². The Balaban J connectivity index is 2.40. The minimum absolute atomic E-state index is 0.122. The number of alkyl halides is 1. The van der Waals surface area contributed by atoms with E-state index in [4.69, 9.17) is 11.6 Å². The van der Waals surface area contributed by atoms with Crippen LogP contribution in [-0.2, 0) is 14.3 Å². The first-order valence-electron chi connectivity index (χ1n) is 4.46. The van der Waals surface area contributed by atoms with Gasteiger partial charge in [0.15, 0.2) is 0 Å². The Labute approximate surface area is 88.1 Å². The van der Waals surface area contributed by atoms with Crippen molar-refractivity contribution in [3.63, 3.8) is 0 Å². The van der Waals surface area contributed by atoms with Crippen molar-refractivity contribution in [2.45, 2.75) is 18.2 Å². The zero-order valence-corrected chi connectivity index (χ0v) is 8.79. The Hall–Kier alpha value is -0.830. The topological polar surface area (TPSA) is 43.4 Å². The smallest absolute Gasteiger partial charge is 0.313 e. The standard InChI is InChI=1S/C10H13ClO3/c1-3-4-6-9(10(6)11)7(12)5-8(13)14-2/h3,6,9-10H,1,4-5H2,2H3. The van der Waals surface area contributed by atoms with Crippen molar-refractivity contribution in [2.24, 2.45) is 11.8 Å².